The lowest BCUT2D eigenvalue weighted by Gasteiger charge is -2.32. The smallest absolute Gasteiger partial charge is 0.339 e. The Balaban J connectivity index is 1.39. The molecule has 0 radical (unpaired) electrons. The number of hydrogen-bond donors (Lipinski definition) is 2. The lowest BCUT2D eigenvalue weighted by Crippen LogP contribution is -2.46. The minimum absolute atomic E-state index is 0.0888. The van der Waals surface area contributed by atoms with Crippen LogP contribution in [0, 0.1) is 0 Å². The molecule has 0 bridgehead atoms. The van der Waals surface area contributed by atoms with E-state index in [4.69, 9.17) is 0 Å². The third kappa shape index (κ3) is 8.33. The molecule has 2 amide bonds. The number of amides is 2. The van der Waals surface area contributed by atoms with Gasteiger partial charge in [0.1, 0.15) is 0 Å². The van der Waals surface area contributed by atoms with E-state index in [1.807, 2.05) is 0 Å². The maximum atomic E-state index is 13.7. The van der Waals surface area contributed by atoms with Gasteiger partial charge in [0, 0.05) is 37.3 Å². The molecule has 1 aliphatic heterocycles. The Bertz CT molecular complexity index is 1750. The molecule has 1 saturated heterocycles. The van der Waals surface area contributed by atoms with Crippen LogP contribution in [0.3, 0.4) is 0 Å². The molecule has 0 unspecified atom stereocenters. The van der Waals surface area contributed by atoms with Crippen molar-refractivity contribution in [1.29, 1.82) is 0 Å². The Morgan fingerprint density at radius 3 is 2.14 bits per heavy atom. The lowest BCUT2D eigenvalue weighted by molar-refractivity contribution is -0.137. The number of alkyl halides is 3. The average Bonchev–Trinajstić information content (AvgIpc) is 2.97. The second-order valence-corrected chi connectivity index (χ2v) is 13.9. The van der Waals surface area contributed by atoms with Crippen molar-refractivity contribution in [2.75, 3.05) is 24.2 Å². The van der Waals surface area contributed by atoms with Crippen LogP contribution >= 0.6 is 0 Å². The third-order valence-corrected chi connectivity index (χ3v) is 9.98. The largest absolute Gasteiger partial charge is 0.416 e. The van der Waals surface area contributed by atoms with E-state index in [1.54, 1.807) is 35.2 Å². The number of nitrogens with one attached hydrogen (secondary N) is 2. The van der Waals surface area contributed by atoms with Crippen molar-refractivity contribution >= 4 is 43.4 Å². The first-order chi connectivity index (χ1) is 20.7. The molecule has 0 atom stereocenters. The maximum absolute atomic E-state index is 13.7. The number of sulfonamides is 1. The summed E-state index contributed by atoms with van der Waals surface area (Å²) in [5.74, 6) is -1.11. The Hall–Kier alpha value is -4.01. The van der Waals surface area contributed by atoms with Crippen LogP contribution in [-0.2, 0) is 30.8 Å². The number of nitrogens with zero attached hydrogens (tertiary/aromatic N) is 1. The summed E-state index contributed by atoms with van der Waals surface area (Å²) in [6.07, 6.45) is -2.16. The summed E-state index contributed by atoms with van der Waals surface area (Å²) in [7, 11) is -8.07. The molecule has 14 heteroatoms. The van der Waals surface area contributed by atoms with Crippen LogP contribution < -0.4 is 10.0 Å². The SMILES string of the molecule is CC(=O)Nc1ccc(C(=O)N2CCC(NS(=O)(=O)CC=Cc3cc(S(=O)(=O)c4ccccc4)ccc3C(F)(F)F)CC2)cc1. The molecule has 3 aromatic carbocycles. The summed E-state index contributed by atoms with van der Waals surface area (Å²) in [6, 6.07) is 15.6. The zero-order chi connectivity index (χ0) is 32.1. The second-order valence-electron chi connectivity index (χ2n) is 10.2. The van der Waals surface area contributed by atoms with Gasteiger partial charge in [-0.2, -0.15) is 13.2 Å². The highest BCUT2D eigenvalue weighted by molar-refractivity contribution is 7.91. The van der Waals surface area contributed by atoms with Gasteiger partial charge in [0.2, 0.25) is 25.8 Å². The van der Waals surface area contributed by atoms with Gasteiger partial charge in [0.15, 0.2) is 0 Å². The number of piperidine rings is 1. The van der Waals surface area contributed by atoms with Gasteiger partial charge in [0.25, 0.3) is 5.91 Å². The van der Waals surface area contributed by atoms with Crippen molar-refractivity contribution in [2.24, 2.45) is 0 Å². The minimum Gasteiger partial charge on any atom is -0.339 e. The highest BCUT2D eigenvalue weighted by atomic mass is 32.2. The van der Waals surface area contributed by atoms with Crippen LogP contribution in [0.15, 0.2) is 88.7 Å². The molecule has 1 aliphatic rings. The van der Waals surface area contributed by atoms with Gasteiger partial charge in [-0.15, -0.1) is 0 Å². The van der Waals surface area contributed by atoms with Gasteiger partial charge in [0.05, 0.1) is 21.1 Å². The van der Waals surface area contributed by atoms with Crippen molar-refractivity contribution in [1.82, 2.24) is 9.62 Å². The molecule has 1 fully saturated rings. The average molecular weight is 650 g/mol. The highest BCUT2D eigenvalue weighted by Crippen LogP contribution is 2.35. The molecule has 0 aliphatic carbocycles. The number of likely N-dealkylation sites (tertiary alicyclic amines) is 1. The van der Waals surface area contributed by atoms with Crippen LogP contribution in [0.25, 0.3) is 6.08 Å². The first-order valence-electron chi connectivity index (χ1n) is 13.5. The molecule has 234 valence electrons. The fraction of sp³-hybridized carbons (Fsp3) is 0.267. The molecule has 0 spiro atoms. The van der Waals surface area contributed by atoms with Crippen molar-refractivity contribution in [2.45, 2.75) is 41.8 Å². The zero-order valence-corrected chi connectivity index (χ0v) is 25.2. The van der Waals surface area contributed by atoms with Crippen LogP contribution in [-0.4, -0.2) is 58.4 Å². The topological polar surface area (TPSA) is 130 Å². The molecular weight excluding hydrogens is 619 g/mol. The molecule has 4 rings (SSSR count). The Labute approximate surface area is 253 Å². The summed E-state index contributed by atoms with van der Waals surface area (Å²) >= 11 is 0. The van der Waals surface area contributed by atoms with E-state index in [2.05, 4.69) is 10.0 Å². The molecule has 2 N–H and O–H groups in total. The van der Waals surface area contributed by atoms with E-state index < -0.39 is 49.0 Å². The van der Waals surface area contributed by atoms with Gasteiger partial charge in [-0.25, -0.2) is 21.6 Å². The number of anilines is 1. The van der Waals surface area contributed by atoms with Crippen LogP contribution in [0.5, 0.6) is 0 Å². The van der Waals surface area contributed by atoms with Crippen LogP contribution in [0.2, 0.25) is 0 Å². The van der Waals surface area contributed by atoms with Gasteiger partial charge >= 0.3 is 6.18 Å². The first-order valence-corrected chi connectivity index (χ1v) is 16.6. The molecule has 9 nitrogen and oxygen atoms in total. The molecule has 1 heterocycles. The fourth-order valence-electron chi connectivity index (χ4n) is 4.73. The van der Waals surface area contributed by atoms with E-state index in [-0.39, 0.29) is 34.7 Å². The van der Waals surface area contributed by atoms with Crippen LogP contribution in [0.1, 0.15) is 41.3 Å². The number of sulfone groups is 1. The number of carbonyl (C=O) groups excluding carboxylic acids is 2. The summed E-state index contributed by atoms with van der Waals surface area (Å²) in [5.41, 5.74) is -0.618. The first kappa shape index (κ1) is 32.9. The molecule has 44 heavy (non-hydrogen) atoms. The number of carbonyl (C=O) groups is 2. The number of benzene rings is 3. The zero-order valence-electron chi connectivity index (χ0n) is 23.5. The summed E-state index contributed by atoms with van der Waals surface area (Å²) in [5, 5.41) is 2.62. The summed E-state index contributed by atoms with van der Waals surface area (Å²) < 4.78 is 94.9. The van der Waals surface area contributed by atoms with Gasteiger partial charge in [-0.3, -0.25) is 9.59 Å². The Morgan fingerprint density at radius 1 is 0.909 bits per heavy atom. The highest BCUT2D eigenvalue weighted by Gasteiger charge is 2.34. The van der Waals surface area contributed by atoms with E-state index in [9.17, 15) is 39.6 Å². The molecule has 0 saturated carbocycles. The van der Waals surface area contributed by atoms with Crippen molar-refractivity contribution in [3.63, 3.8) is 0 Å². The molecular formula is C30H30F3N3O6S2. The minimum atomic E-state index is -4.80. The Morgan fingerprint density at radius 2 is 1.55 bits per heavy atom. The maximum Gasteiger partial charge on any atom is 0.416 e. The van der Waals surface area contributed by atoms with Gasteiger partial charge < -0.3 is 10.2 Å². The van der Waals surface area contributed by atoms with E-state index in [0.717, 1.165) is 24.3 Å². The predicted octanol–water partition coefficient (Wildman–Crippen LogP) is 4.73. The van der Waals surface area contributed by atoms with E-state index >= 15 is 0 Å². The Kier molecular flexibility index (Phi) is 9.96. The monoisotopic (exact) mass is 649 g/mol. The van der Waals surface area contributed by atoms with Crippen molar-refractivity contribution in [3.05, 3.63) is 95.6 Å². The lowest BCUT2D eigenvalue weighted by atomic mass is 10.0. The number of halogens is 3. The fourth-order valence-corrected chi connectivity index (χ4v) is 7.23. The van der Waals surface area contributed by atoms with Crippen molar-refractivity contribution < 1.29 is 39.6 Å². The van der Waals surface area contributed by atoms with Crippen LogP contribution in [0.4, 0.5) is 18.9 Å². The third-order valence-electron chi connectivity index (χ3n) is 6.89. The second kappa shape index (κ2) is 13.3. The molecule has 0 aromatic heterocycles. The number of hydrogen-bond acceptors (Lipinski definition) is 6. The quantitative estimate of drug-likeness (QED) is 0.345. The number of rotatable bonds is 9. The standard InChI is InChI=1S/C30H30F3N3O6S2/c1-21(37)34-24-11-9-22(10-12-24)29(38)36-17-15-25(16-18-36)35-43(39,40)19-5-6-23-20-27(13-14-28(23)30(31,32)33)44(41,42)26-7-3-2-4-8-26/h2-14,20,25,35H,15-19H2,1H3,(H,34,37). The van der Waals surface area contributed by atoms with E-state index in [0.29, 0.717) is 30.2 Å². The summed E-state index contributed by atoms with van der Waals surface area (Å²) in [4.78, 5) is 25.2. The van der Waals surface area contributed by atoms with Gasteiger partial charge in [-0.1, -0.05) is 30.4 Å². The summed E-state index contributed by atoms with van der Waals surface area (Å²) in [6.45, 7) is 1.94. The predicted molar refractivity (Wildman–Crippen MR) is 159 cm³/mol. The van der Waals surface area contributed by atoms with E-state index in [1.165, 1.54) is 31.2 Å². The van der Waals surface area contributed by atoms with Gasteiger partial charge in [-0.05, 0) is 73.0 Å². The van der Waals surface area contributed by atoms with Crippen molar-refractivity contribution in [3.8, 4) is 0 Å². The normalized spacial score (nSPS) is 15.0. The molecule has 3 aromatic rings.